The molecule has 0 N–H and O–H groups in total. The Kier molecular flexibility index (Phi) is 2.03. The second kappa shape index (κ2) is 3.33. The molecule has 1 nitrogen and oxygen atoms in total. The largest absolute Gasteiger partial charge is 0.420 e. The van der Waals surface area contributed by atoms with E-state index < -0.39 is 33.0 Å². The Morgan fingerprint density at radius 3 is 2.50 bits per heavy atom. The topological polar surface area (TPSA) is 12.9 Å². The lowest BCUT2D eigenvalue weighted by molar-refractivity contribution is -0.139. The molecule has 1 aromatic heterocycles. The summed E-state index contributed by atoms with van der Waals surface area (Å²) < 4.78 is 50.4. The third kappa shape index (κ3) is 1.98. The maximum atomic E-state index is 12.4. The van der Waals surface area contributed by atoms with Crippen molar-refractivity contribution in [2.75, 3.05) is 0 Å². The summed E-state index contributed by atoms with van der Waals surface area (Å²) in [6.07, 6.45) is -5.12. The first kappa shape index (κ1) is 7.32. The van der Waals surface area contributed by atoms with E-state index in [9.17, 15) is 13.2 Å². The zero-order valence-electron chi connectivity index (χ0n) is 7.34. The van der Waals surface area contributed by atoms with Crippen molar-refractivity contribution in [1.82, 2.24) is 4.98 Å². The molecule has 1 aromatic rings. The van der Waals surface area contributed by atoms with Crippen molar-refractivity contribution >= 4 is 31.9 Å². The molecule has 66 valence electrons. The van der Waals surface area contributed by atoms with Crippen LogP contribution in [-0.4, -0.2) is 4.98 Å². The van der Waals surface area contributed by atoms with Crippen LogP contribution in [-0.2, 0) is 6.18 Å². The molecular weight excluding hydrogens is 303 g/mol. The van der Waals surface area contributed by atoms with E-state index in [0.29, 0.717) is 0 Å². The van der Waals surface area contributed by atoms with Crippen molar-refractivity contribution in [2.24, 2.45) is 0 Å². The maximum Gasteiger partial charge on any atom is 0.420 e. The molecule has 0 aromatic carbocycles. The van der Waals surface area contributed by atoms with Crippen molar-refractivity contribution in [1.29, 1.82) is 0 Å². The van der Waals surface area contributed by atoms with Crippen LogP contribution in [0.2, 0.25) is 0 Å². The molecule has 0 radical (unpaired) electrons. The minimum Gasteiger partial charge on any atom is -0.249 e. The van der Waals surface area contributed by atoms with Crippen molar-refractivity contribution < 1.29 is 15.9 Å². The lowest BCUT2D eigenvalue weighted by Crippen LogP contribution is -2.07. The second-order valence-corrected chi connectivity index (χ2v) is 3.37. The molecule has 0 spiro atoms. The van der Waals surface area contributed by atoms with Gasteiger partial charge in [-0.2, -0.15) is 13.2 Å². The molecule has 0 bridgehead atoms. The highest BCUT2D eigenvalue weighted by molar-refractivity contribution is 9.11. The van der Waals surface area contributed by atoms with E-state index in [4.69, 9.17) is 2.74 Å². The first-order valence-electron chi connectivity index (χ1n) is 3.64. The van der Waals surface area contributed by atoms with Gasteiger partial charge in [0.15, 0.2) is 0 Å². The predicted octanol–water partition coefficient (Wildman–Crippen LogP) is 3.63. The van der Waals surface area contributed by atoms with Crippen LogP contribution in [0.25, 0.3) is 0 Å². The summed E-state index contributed by atoms with van der Waals surface area (Å²) >= 11 is 5.22. The summed E-state index contributed by atoms with van der Waals surface area (Å²) in [7, 11) is 0. The fourth-order valence-electron chi connectivity index (χ4n) is 0.576. The second-order valence-electron chi connectivity index (χ2n) is 1.83. The third-order valence-electron chi connectivity index (χ3n) is 1.03. The zero-order chi connectivity index (χ0) is 11.1. The van der Waals surface area contributed by atoms with Gasteiger partial charge in [-0.05, 0) is 22.0 Å². The van der Waals surface area contributed by atoms with E-state index in [-0.39, 0.29) is 0 Å². The van der Waals surface area contributed by atoms with Crippen molar-refractivity contribution in [2.45, 2.75) is 6.18 Å². The number of pyridine rings is 1. The molecule has 12 heavy (non-hydrogen) atoms. The van der Waals surface area contributed by atoms with Crippen LogP contribution in [0.3, 0.4) is 0 Å². The van der Waals surface area contributed by atoms with E-state index >= 15 is 0 Å². The summed E-state index contributed by atoms with van der Waals surface area (Å²) in [5.74, 6) is 0. The van der Waals surface area contributed by atoms with Crippen molar-refractivity contribution in [3.8, 4) is 0 Å². The molecule has 0 aliphatic carbocycles. The average Bonchev–Trinajstić information content (AvgIpc) is 1.97. The number of alkyl halides is 3. The van der Waals surface area contributed by atoms with Gasteiger partial charge in [0.1, 0.15) is 10.2 Å². The van der Waals surface area contributed by atoms with Crippen LogP contribution in [0.4, 0.5) is 13.2 Å². The fraction of sp³-hybridized carbons (Fsp3) is 0.167. The molecule has 0 saturated carbocycles. The number of nitrogens with zero attached hydrogens (tertiary/aromatic N) is 1. The van der Waals surface area contributed by atoms with Gasteiger partial charge in [0.25, 0.3) is 0 Å². The molecule has 0 unspecified atom stereocenters. The summed E-state index contributed by atoms with van der Waals surface area (Å²) in [5, 5.41) is 0. The predicted molar refractivity (Wildman–Crippen MR) is 44.6 cm³/mol. The summed E-state index contributed by atoms with van der Waals surface area (Å²) in [4.78, 5) is 3.25. The van der Waals surface area contributed by atoms with Gasteiger partial charge in [-0.15, -0.1) is 0 Å². The fourth-order valence-corrected chi connectivity index (χ4v) is 1.86. The van der Waals surface area contributed by atoms with Gasteiger partial charge in [0, 0.05) is 10.6 Å². The summed E-state index contributed by atoms with van der Waals surface area (Å²) in [6.45, 7) is 0. The van der Waals surface area contributed by atoms with Gasteiger partial charge in [0.2, 0.25) is 0 Å². The SMILES string of the molecule is [2H]c1nc(Br)c(C(F)(F)F)c(Br)c1[2H]. The number of hydrogen-bond donors (Lipinski definition) is 0. The molecule has 1 rings (SSSR count). The van der Waals surface area contributed by atoms with Gasteiger partial charge in [-0.25, -0.2) is 4.98 Å². The Hall–Kier alpha value is -0.100. The Morgan fingerprint density at radius 1 is 1.42 bits per heavy atom. The minimum atomic E-state index is -4.60. The van der Waals surface area contributed by atoms with Crippen molar-refractivity contribution in [3.63, 3.8) is 0 Å². The first-order valence-corrected chi connectivity index (χ1v) is 4.23. The molecule has 0 fully saturated rings. The monoisotopic (exact) mass is 305 g/mol. The van der Waals surface area contributed by atoms with E-state index in [1.54, 1.807) is 0 Å². The Balaban J connectivity index is 3.53. The third-order valence-corrected chi connectivity index (χ3v) is 2.20. The summed E-state index contributed by atoms with van der Waals surface area (Å²) in [5.41, 5.74) is -1.07. The van der Waals surface area contributed by atoms with E-state index in [1.165, 1.54) is 0 Å². The molecule has 0 saturated heterocycles. The zero-order valence-corrected chi connectivity index (χ0v) is 8.51. The van der Waals surface area contributed by atoms with Crippen LogP contribution in [0.1, 0.15) is 8.30 Å². The maximum absolute atomic E-state index is 12.4. The highest BCUT2D eigenvalue weighted by atomic mass is 79.9. The lowest BCUT2D eigenvalue weighted by atomic mass is 10.3. The lowest BCUT2D eigenvalue weighted by Gasteiger charge is -2.09. The molecule has 6 heteroatoms. The van der Waals surface area contributed by atoms with E-state index in [1.807, 2.05) is 0 Å². The first-order chi connectivity index (χ1) is 6.25. The number of aromatic nitrogens is 1. The highest BCUT2D eigenvalue weighted by Crippen LogP contribution is 2.38. The van der Waals surface area contributed by atoms with E-state index in [2.05, 4.69) is 36.8 Å². The summed E-state index contributed by atoms with van der Waals surface area (Å²) in [6, 6.07) is -0.583. The van der Waals surface area contributed by atoms with Crippen LogP contribution in [0, 0.1) is 0 Å². The van der Waals surface area contributed by atoms with Crippen LogP contribution >= 0.6 is 31.9 Å². The Labute approximate surface area is 86.1 Å². The normalized spacial score (nSPS) is 14.1. The van der Waals surface area contributed by atoms with Crippen LogP contribution < -0.4 is 0 Å². The molecule has 0 aliphatic rings. The Morgan fingerprint density at radius 2 is 2.00 bits per heavy atom. The van der Waals surface area contributed by atoms with Gasteiger partial charge >= 0.3 is 6.18 Å². The molecule has 0 atom stereocenters. The van der Waals surface area contributed by atoms with Crippen molar-refractivity contribution in [3.05, 3.63) is 26.9 Å². The van der Waals surface area contributed by atoms with E-state index in [0.717, 1.165) is 0 Å². The molecule has 1 heterocycles. The number of rotatable bonds is 0. The standard InChI is InChI=1S/C6H2Br2F3N/c7-3-1-2-12-5(8)4(3)6(9,10)11/h1-2H/i1D,2D. The minimum absolute atomic E-state index is 0.475. The number of halogens is 5. The average molecular weight is 307 g/mol. The molecule has 0 amide bonds. The van der Waals surface area contributed by atoms with Crippen LogP contribution in [0.15, 0.2) is 21.3 Å². The van der Waals surface area contributed by atoms with Gasteiger partial charge in [0.05, 0.1) is 2.74 Å². The molecular formula is C6H2Br2F3N. The number of hydrogen-bond acceptors (Lipinski definition) is 1. The Bertz CT molecular complexity index is 380. The van der Waals surface area contributed by atoms with Gasteiger partial charge in [-0.3, -0.25) is 0 Å². The van der Waals surface area contributed by atoms with Gasteiger partial charge < -0.3 is 0 Å². The van der Waals surface area contributed by atoms with Gasteiger partial charge in [-0.1, -0.05) is 15.9 Å². The highest BCUT2D eigenvalue weighted by Gasteiger charge is 2.35. The van der Waals surface area contributed by atoms with Crippen LogP contribution in [0.5, 0.6) is 0 Å². The molecule has 0 aliphatic heterocycles. The quantitative estimate of drug-likeness (QED) is 0.667. The smallest absolute Gasteiger partial charge is 0.249 e.